The summed E-state index contributed by atoms with van der Waals surface area (Å²) in [6.45, 7) is 6.17. The molecule has 5 rings (SSSR count). The molecular formula is C29H32N2O3S. The zero-order valence-corrected chi connectivity index (χ0v) is 21.2. The largest absolute Gasteiger partial charge is 0.491 e. The number of likely N-dealkylation sites (tertiary alicyclic amines) is 1. The highest BCUT2D eigenvalue weighted by molar-refractivity contribution is 7.99. The van der Waals surface area contributed by atoms with E-state index >= 15 is 0 Å². The van der Waals surface area contributed by atoms with Gasteiger partial charge in [-0.25, -0.2) is 0 Å². The number of anilines is 2. The zero-order chi connectivity index (χ0) is 24.4. The minimum Gasteiger partial charge on any atom is -0.491 e. The number of fused-ring (bicyclic) bond motifs is 2. The molecular weight excluding hydrogens is 456 g/mol. The molecule has 6 heteroatoms. The Morgan fingerprint density at radius 3 is 2.31 bits per heavy atom. The standard InChI is InChI=1S/C29H32N2O3S/c1-21-12-13-23(18-22(21)2)34-20-29(33)14-7-16-30(17-15-29)19-28(32)31-24-8-3-5-10-26(24)35-27-11-6-4-9-25(27)31/h3-6,8-13,18,33H,7,14-17,19-20H2,1-2H3/t29-/m0/s1. The number of para-hydroxylation sites is 2. The molecule has 1 atom stereocenters. The average molecular weight is 489 g/mol. The molecule has 2 aliphatic heterocycles. The van der Waals surface area contributed by atoms with Crippen molar-refractivity contribution in [3.63, 3.8) is 0 Å². The predicted octanol–water partition coefficient (Wildman–Crippen LogP) is 5.73. The lowest BCUT2D eigenvalue weighted by atomic mass is 9.96. The molecule has 1 amide bonds. The number of amides is 1. The van der Waals surface area contributed by atoms with E-state index in [0.717, 1.165) is 39.9 Å². The van der Waals surface area contributed by atoms with Gasteiger partial charge in [0, 0.05) is 16.3 Å². The average Bonchev–Trinajstić information content (AvgIpc) is 3.04. The molecule has 0 spiro atoms. The van der Waals surface area contributed by atoms with Crippen molar-refractivity contribution in [2.24, 2.45) is 0 Å². The van der Waals surface area contributed by atoms with Gasteiger partial charge in [-0.1, -0.05) is 42.1 Å². The van der Waals surface area contributed by atoms with E-state index in [2.05, 4.69) is 30.9 Å². The van der Waals surface area contributed by atoms with Crippen LogP contribution in [0, 0.1) is 13.8 Å². The highest BCUT2D eigenvalue weighted by Gasteiger charge is 2.33. The lowest BCUT2D eigenvalue weighted by Gasteiger charge is -2.33. The number of nitrogens with zero attached hydrogens (tertiary/aromatic N) is 2. The molecule has 182 valence electrons. The van der Waals surface area contributed by atoms with Crippen LogP contribution in [-0.4, -0.2) is 47.8 Å². The van der Waals surface area contributed by atoms with Gasteiger partial charge in [0.25, 0.3) is 0 Å². The van der Waals surface area contributed by atoms with Gasteiger partial charge in [0.15, 0.2) is 0 Å². The number of aliphatic hydroxyl groups is 1. The van der Waals surface area contributed by atoms with Crippen molar-refractivity contribution in [1.29, 1.82) is 0 Å². The van der Waals surface area contributed by atoms with E-state index in [1.165, 1.54) is 11.1 Å². The summed E-state index contributed by atoms with van der Waals surface area (Å²) >= 11 is 1.70. The van der Waals surface area contributed by atoms with Crippen LogP contribution in [0.15, 0.2) is 76.5 Å². The molecule has 3 aromatic carbocycles. The first-order valence-electron chi connectivity index (χ1n) is 12.3. The summed E-state index contributed by atoms with van der Waals surface area (Å²) in [5.74, 6) is 0.847. The molecule has 0 unspecified atom stereocenters. The summed E-state index contributed by atoms with van der Waals surface area (Å²) in [6.07, 6.45) is 2.06. The second-order valence-corrected chi connectivity index (χ2v) is 10.7. The van der Waals surface area contributed by atoms with Crippen LogP contribution in [-0.2, 0) is 4.79 Å². The Bertz CT molecular complexity index is 1180. The van der Waals surface area contributed by atoms with Crippen molar-refractivity contribution >= 4 is 29.0 Å². The van der Waals surface area contributed by atoms with Gasteiger partial charge in [-0.2, -0.15) is 0 Å². The molecule has 5 nitrogen and oxygen atoms in total. The van der Waals surface area contributed by atoms with Crippen LogP contribution < -0.4 is 9.64 Å². The van der Waals surface area contributed by atoms with E-state index in [1.807, 2.05) is 59.5 Å². The van der Waals surface area contributed by atoms with Crippen molar-refractivity contribution in [2.45, 2.75) is 48.5 Å². The van der Waals surface area contributed by atoms with Crippen LogP contribution in [0.25, 0.3) is 0 Å². The van der Waals surface area contributed by atoms with Gasteiger partial charge in [-0.3, -0.25) is 14.6 Å². The molecule has 3 aromatic rings. The molecule has 2 aliphatic rings. The fourth-order valence-electron chi connectivity index (χ4n) is 4.79. The van der Waals surface area contributed by atoms with Crippen LogP contribution in [0.3, 0.4) is 0 Å². The smallest absolute Gasteiger partial charge is 0.245 e. The molecule has 1 fully saturated rings. The van der Waals surface area contributed by atoms with Gasteiger partial charge in [0.1, 0.15) is 12.4 Å². The molecule has 0 saturated carbocycles. The lowest BCUT2D eigenvalue weighted by molar-refractivity contribution is -0.119. The van der Waals surface area contributed by atoms with Crippen molar-refractivity contribution in [2.75, 3.05) is 31.1 Å². The highest BCUT2D eigenvalue weighted by Crippen LogP contribution is 2.47. The minimum absolute atomic E-state index is 0.0574. The SMILES string of the molecule is Cc1ccc(OC[C@]2(O)CCCN(CC(=O)N3c4ccccc4Sc4ccccc43)CC2)cc1C. The third kappa shape index (κ3) is 5.25. The van der Waals surface area contributed by atoms with Gasteiger partial charge in [-0.15, -0.1) is 0 Å². The number of aryl methyl sites for hydroxylation is 2. The minimum atomic E-state index is -0.891. The quantitative estimate of drug-likeness (QED) is 0.497. The van der Waals surface area contributed by atoms with Gasteiger partial charge in [0.05, 0.1) is 23.5 Å². The fourth-order valence-corrected chi connectivity index (χ4v) is 5.85. The number of rotatable bonds is 5. The van der Waals surface area contributed by atoms with Gasteiger partial charge >= 0.3 is 0 Å². The maximum Gasteiger partial charge on any atom is 0.245 e. The summed E-state index contributed by atoms with van der Waals surface area (Å²) in [5, 5.41) is 11.2. The van der Waals surface area contributed by atoms with Crippen LogP contribution in [0.5, 0.6) is 5.75 Å². The number of hydrogen-bond acceptors (Lipinski definition) is 5. The van der Waals surface area contributed by atoms with Crippen LogP contribution in [0.1, 0.15) is 30.4 Å². The Morgan fingerprint density at radius 1 is 0.943 bits per heavy atom. The monoisotopic (exact) mass is 488 g/mol. The Hall–Kier alpha value is -2.80. The van der Waals surface area contributed by atoms with E-state index in [4.69, 9.17) is 4.74 Å². The molecule has 0 radical (unpaired) electrons. The molecule has 2 heterocycles. The molecule has 0 aromatic heterocycles. The summed E-state index contributed by atoms with van der Waals surface area (Å²) in [6, 6.07) is 22.2. The molecule has 0 aliphatic carbocycles. The second-order valence-electron chi connectivity index (χ2n) is 9.66. The molecule has 1 saturated heterocycles. The highest BCUT2D eigenvalue weighted by atomic mass is 32.2. The van der Waals surface area contributed by atoms with Crippen LogP contribution in [0.2, 0.25) is 0 Å². The third-order valence-electron chi connectivity index (χ3n) is 7.04. The Kier molecular flexibility index (Phi) is 6.87. The summed E-state index contributed by atoms with van der Waals surface area (Å²) in [7, 11) is 0. The first kappa shape index (κ1) is 23.9. The Balaban J connectivity index is 1.25. The van der Waals surface area contributed by atoms with E-state index < -0.39 is 5.60 Å². The first-order chi connectivity index (χ1) is 16.9. The fraction of sp³-hybridized carbons (Fsp3) is 0.345. The number of hydrogen-bond donors (Lipinski definition) is 1. The predicted molar refractivity (Wildman–Crippen MR) is 141 cm³/mol. The summed E-state index contributed by atoms with van der Waals surface area (Å²) < 4.78 is 5.98. The first-order valence-corrected chi connectivity index (χ1v) is 13.1. The summed E-state index contributed by atoms with van der Waals surface area (Å²) in [4.78, 5) is 19.8. The van der Waals surface area contributed by atoms with E-state index in [9.17, 15) is 9.90 Å². The van der Waals surface area contributed by atoms with Gasteiger partial charge in [0.2, 0.25) is 5.91 Å². The van der Waals surface area contributed by atoms with E-state index in [0.29, 0.717) is 25.9 Å². The van der Waals surface area contributed by atoms with E-state index in [1.54, 1.807) is 11.8 Å². The maximum atomic E-state index is 13.6. The van der Waals surface area contributed by atoms with Gasteiger partial charge < -0.3 is 9.84 Å². The Morgan fingerprint density at radius 2 is 1.63 bits per heavy atom. The van der Waals surface area contributed by atoms with Crippen LogP contribution >= 0.6 is 11.8 Å². The second kappa shape index (κ2) is 10.1. The molecule has 0 bridgehead atoms. The number of carbonyl (C=O) groups is 1. The van der Waals surface area contributed by atoms with Gasteiger partial charge in [-0.05, 0) is 87.2 Å². The lowest BCUT2D eigenvalue weighted by Crippen LogP contribution is -2.41. The topological polar surface area (TPSA) is 53.0 Å². The van der Waals surface area contributed by atoms with Crippen molar-refractivity contribution in [1.82, 2.24) is 4.90 Å². The summed E-state index contributed by atoms with van der Waals surface area (Å²) in [5.41, 5.74) is 3.39. The zero-order valence-electron chi connectivity index (χ0n) is 20.4. The molecule has 1 N–H and O–H groups in total. The van der Waals surface area contributed by atoms with Crippen molar-refractivity contribution in [3.05, 3.63) is 77.9 Å². The van der Waals surface area contributed by atoms with Crippen molar-refractivity contribution < 1.29 is 14.6 Å². The van der Waals surface area contributed by atoms with Crippen molar-refractivity contribution in [3.8, 4) is 5.75 Å². The van der Waals surface area contributed by atoms with Crippen LogP contribution in [0.4, 0.5) is 11.4 Å². The molecule has 35 heavy (non-hydrogen) atoms. The van der Waals surface area contributed by atoms with E-state index in [-0.39, 0.29) is 12.5 Å². The normalized spacial score (nSPS) is 20.0. The third-order valence-corrected chi connectivity index (χ3v) is 8.17. The number of ether oxygens (including phenoxy) is 1. The Labute approximate surface area is 211 Å². The number of carbonyl (C=O) groups excluding carboxylic acids is 1. The maximum absolute atomic E-state index is 13.6. The number of benzene rings is 3.